The monoisotopic (exact) mass is 393 g/mol. The molecule has 2 N–H and O–H groups in total. The van der Waals surface area contributed by atoms with Crippen molar-refractivity contribution in [3.63, 3.8) is 0 Å². The lowest BCUT2D eigenvalue weighted by Gasteiger charge is -2.13. The summed E-state index contributed by atoms with van der Waals surface area (Å²) in [7, 11) is 0. The number of nitrogens with two attached hydrogens (primary N) is 1. The Labute approximate surface area is 138 Å². The van der Waals surface area contributed by atoms with Crippen LogP contribution in [0.2, 0.25) is 15.1 Å². The molecule has 2 aromatic rings. The van der Waals surface area contributed by atoms with Gasteiger partial charge in [0.1, 0.15) is 10.8 Å². The van der Waals surface area contributed by atoms with Gasteiger partial charge >= 0.3 is 0 Å². The SMILES string of the molecule is NC(=O)c1cc(Br)ccc1Oc1c(Cl)ccc(Cl)c1Cl. The van der Waals surface area contributed by atoms with Gasteiger partial charge in [0, 0.05) is 4.47 Å². The predicted octanol–water partition coefficient (Wildman–Crippen LogP) is 5.30. The molecule has 2 rings (SSSR count). The van der Waals surface area contributed by atoms with Crippen LogP contribution in [0.4, 0.5) is 0 Å². The number of amides is 1. The van der Waals surface area contributed by atoms with Gasteiger partial charge in [-0.25, -0.2) is 0 Å². The maximum Gasteiger partial charge on any atom is 0.252 e. The number of primary amides is 1. The molecular formula is C13H7BrCl3NO2. The van der Waals surface area contributed by atoms with Crippen LogP contribution >= 0.6 is 50.7 Å². The number of carbonyl (C=O) groups excluding carboxylic acids is 1. The van der Waals surface area contributed by atoms with Crippen molar-refractivity contribution < 1.29 is 9.53 Å². The molecule has 3 nitrogen and oxygen atoms in total. The second-order valence-electron chi connectivity index (χ2n) is 3.78. The third kappa shape index (κ3) is 3.20. The van der Waals surface area contributed by atoms with Crippen molar-refractivity contribution in [2.45, 2.75) is 0 Å². The van der Waals surface area contributed by atoms with Crippen molar-refractivity contribution in [3.05, 3.63) is 55.4 Å². The summed E-state index contributed by atoms with van der Waals surface area (Å²) in [5.74, 6) is -0.215. The summed E-state index contributed by atoms with van der Waals surface area (Å²) in [5.41, 5.74) is 5.51. The molecule has 0 fully saturated rings. The quantitative estimate of drug-likeness (QED) is 0.717. The van der Waals surface area contributed by atoms with Crippen molar-refractivity contribution in [1.82, 2.24) is 0 Å². The van der Waals surface area contributed by atoms with Gasteiger partial charge in [0.05, 0.1) is 15.6 Å². The molecular weight excluding hydrogens is 388 g/mol. The van der Waals surface area contributed by atoms with Crippen molar-refractivity contribution in [3.8, 4) is 11.5 Å². The number of carbonyl (C=O) groups is 1. The standard InChI is InChI=1S/C13H7BrCl3NO2/c14-6-1-4-10(7(5-6)13(18)19)20-12-9(16)3-2-8(15)11(12)17/h1-5H,(H2,18,19). The zero-order chi connectivity index (χ0) is 14.9. The zero-order valence-corrected chi connectivity index (χ0v) is 13.6. The molecule has 0 bridgehead atoms. The summed E-state index contributed by atoms with van der Waals surface area (Å²) in [4.78, 5) is 11.4. The molecule has 0 saturated heterocycles. The largest absolute Gasteiger partial charge is 0.453 e. The van der Waals surface area contributed by atoms with E-state index in [0.29, 0.717) is 9.50 Å². The highest BCUT2D eigenvalue weighted by Crippen LogP contribution is 2.41. The number of halogens is 4. The van der Waals surface area contributed by atoms with E-state index in [4.69, 9.17) is 45.3 Å². The summed E-state index contributed by atoms with van der Waals surface area (Å²) < 4.78 is 6.29. The number of hydrogen-bond acceptors (Lipinski definition) is 2. The van der Waals surface area contributed by atoms with Gasteiger partial charge in [-0.05, 0) is 30.3 Å². The molecule has 0 atom stereocenters. The second kappa shape index (κ2) is 6.22. The van der Waals surface area contributed by atoms with Gasteiger partial charge in [0.25, 0.3) is 5.91 Å². The van der Waals surface area contributed by atoms with Gasteiger partial charge in [-0.3, -0.25) is 4.79 Å². The van der Waals surface area contributed by atoms with E-state index in [1.807, 2.05) is 0 Å². The Hall–Kier alpha value is -0.940. The molecule has 0 spiro atoms. The molecule has 0 aliphatic rings. The fraction of sp³-hybridized carbons (Fsp3) is 0. The third-order valence-corrected chi connectivity index (χ3v) is 4.00. The Morgan fingerprint density at radius 3 is 2.40 bits per heavy atom. The molecule has 0 aliphatic carbocycles. The highest BCUT2D eigenvalue weighted by Gasteiger charge is 2.16. The molecule has 7 heteroatoms. The minimum Gasteiger partial charge on any atom is -0.453 e. The molecule has 0 radical (unpaired) electrons. The van der Waals surface area contributed by atoms with E-state index in [-0.39, 0.29) is 27.1 Å². The van der Waals surface area contributed by atoms with Crippen LogP contribution in [-0.4, -0.2) is 5.91 Å². The summed E-state index contributed by atoms with van der Waals surface area (Å²) in [6.45, 7) is 0. The Kier molecular flexibility index (Phi) is 4.81. The first-order chi connectivity index (χ1) is 9.40. The first kappa shape index (κ1) is 15.4. The zero-order valence-electron chi connectivity index (χ0n) is 9.79. The van der Waals surface area contributed by atoms with Crippen LogP contribution in [0.5, 0.6) is 11.5 Å². The normalized spacial score (nSPS) is 10.4. The molecule has 104 valence electrons. The van der Waals surface area contributed by atoms with E-state index in [1.165, 1.54) is 0 Å². The average Bonchev–Trinajstić information content (AvgIpc) is 2.40. The summed E-state index contributed by atoms with van der Waals surface area (Å²) >= 11 is 21.2. The maximum atomic E-state index is 11.4. The molecule has 1 amide bonds. The van der Waals surface area contributed by atoms with E-state index in [9.17, 15) is 4.79 Å². The Bertz CT molecular complexity index is 692. The molecule has 20 heavy (non-hydrogen) atoms. The fourth-order valence-corrected chi connectivity index (χ4v) is 2.45. The average molecular weight is 395 g/mol. The third-order valence-electron chi connectivity index (χ3n) is 2.42. The van der Waals surface area contributed by atoms with Crippen molar-refractivity contribution in [2.24, 2.45) is 5.73 Å². The number of ether oxygens (including phenoxy) is 1. The van der Waals surface area contributed by atoms with Crippen LogP contribution in [0.1, 0.15) is 10.4 Å². The smallest absolute Gasteiger partial charge is 0.252 e. The number of benzene rings is 2. The second-order valence-corrected chi connectivity index (χ2v) is 5.89. The van der Waals surface area contributed by atoms with Crippen LogP contribution in [0.3, 0.4) is 0 Å². The Balaban J connectivity index is 2.51. The van der Waals surface area contributed by atoms with Crippen molar-refractivity contribution in [1.29, 1.82) is 0 Å². The molecule has 0 unspecified atom stereocenters. The fourth-order valence-electron chi connectivity index (χ4n) is 1.50. The minimum atomic E-state index is -0.629. The predicted molar refractivity (Wildman–Crippen MR) is 84.2 cm³/mol. The van der Waals surface area contributed by atoms with Gasteiger partial charge in [-0.1, -0.05) is 50.7 Å². The van der Waals surface area contributed by atoms with Crippen LogP contribution < -0.4 is 10.5 Å². The van der Waals surface area contributed by atoms with E-state index in [2.05, 4.69) is 15.9 Å². The van der Waals surface area contributed by atoms with Gasteiger partial charge in [0.15, 0.2) is 5.75 Å². The van der Waals surface area contributed by atoms with Gasteiger partial charge in [-0.2, -0.15) is 0 Å². The summed E-state index contributed by atoms with van der Waals surface area (Å²) in [6.07, 6.45) is 0. The van der Waals surface area contributed by atoms with E-state index >= 15 is 0 Å². The maximum absolute atomic E-state index is 11.4. The highest BCUT2D eigenvalue weighted by atomic mass is 79.9. The van der Waals surface area contributed by atoms with Crippen LogP contribution in [0, 0.1) is 0 Å². The molecule has 0 saturated carbocycles. The number of hydrogen-bond donors (Lipinski definition) is 1. The first-order valence-electron chi connectivity index (χ1n) is 5.31. The van der Waals surface area contributed by atoms with Crippen LogP contribution in [-0.2, 0) is 0 Å². The lowest BCUT2D eigenvalue weighted by Crippen LogP contribution is -2.12. The first-order valence-corrected chi connectivity index (χ1v) is 7.23. The van der Waals surface area contributed by atoms with Gasteiger partial charge < -0.3 is 10.5 Å². The van der Waals surface area contributed by atoms with E-state index in [1.54, 1.807) is 30.3 Å². The molecule has 0 aliphatic heterocycles. The van der Waals surface area contributed by atoms with Crippen LogP contribution in [0.15, 0.2) is 34.8 Å². The topological polar surface area (TPSA) is 52.3 Å². The van der Waals surface area contributed by atoms with Crippen LogP contribution in [0.25, 0.3) is 0 Å². The lowest BCUT2D eigenvalue weighted by molar-refractivity contribution is 0.0998. The molecule has 0 heterocycles. The Morgan fingerprint density at radius 2 is 1.75 bits per heavy atom. The summed E-state index contributed by atoms with van der Waals surface area (Å²) in [6, 6.07) is 7.93. The minimum absolute atomic E-state index is 0.164. The Morgan fingerprint density at radius 1 is 1.10 bits per heavy atom. The van der Waals surface area contributed by atoms with E-state index < -0.39 is 5.91 Å². The number of rotatable bonds is 3. The van der Waals surface area contributed by atoms with Gasteiger partial charge in [0.2, 0.25) is 0 Å². The molecule has 0 aromatic heterocycles. The van der Waals surface area contributed by atoms with Gasteiger partial charge in [-0.15, -0.1) is 0 Å². The lowest BCUT2D eigenvalue weighted by atomic mass is 10.2. The van der Waals surface area contributed by atoms with Crippen molar-refractivity contribution in [2.75, 3.05) is 0 Å². The summed E-state index contributed by atoms with van der Waals surface area (Å²) in [5, 5.41) is 0.735. The van der Waals surface area contributed by atoms with Crippen molar-refractivity contribution >= 4 is 56.6 Å². The van der Waals surface area contributed by atoms with E-state index in [0.717, 1.165) is 0 Å². The highest BCUT2D eigenvalue weighted by molar-refractivity contribution is 9.10. The molecule has 2 aromatic carbocycles.